The molecule has 0 unspecified atom stereocenters. The number of carbonyl (C=O) groups excluding carboxylic acids is 1. The van der Waals surface area contributed by atoms with Crippen molar-refractivity contribution in [2.75, 3.05) is 39.6 Å². The van der Waals surface area contributed by atoms with Crippen LogP contribution < -0.4 is 16.0 Å². The molecule has 32 heavy (non-hydrogen) atoms. The molecule has 0 aliphatic carbocycles. The van der Waals surface area contributed by atoms with Gasteiger partial charge in [0.2, 0.25) is 0 Å². The lowest BCUT2D eigenvalue weighted by Crippen LogP contribution is -2.27. The first-order chi connectivity index (χ1) is 15.2. The molecule has 0 bridgehead atoms. The van der Waals surface area contributed by atoms with Gasteiger partial charge in [-0.3, -0.25) is 9.36 Å². The maximum absolute atomic E-state index is 12.1. The highest BCUT2D eigenvalue weighted by Crippen LogP contribution is 2.29. The van der Waals surface area contributed by atoms with Crippen molar-refractivity contribution in [3.05, 3.63) is 39.3 Å². The Labute approximate surface area is 193 Å². The molecule has 0 atom stereocenters. The second kappa shape index (κ2) is 13.6. The maximum atomic E-state index is 12.1. The van der Waals surface area contributed by atoms with Gasteiger partial charge in [-0.25, -0.2) is 9.78 Å². The SMILES string of the molecule is CCO.CCc1nc(-c2ccc(OC)cc2Cl)n(C)c(=O)c1N.COC(=O)N1CCCC1. The van der Waals surface area contributed by atoms with Crippen molar-refractivity contribution in [1.82, 2.24) is 14.5 Å². The highest BCUT2D eigenvalue weighted by Gasteiger charge is 2.17. The fourth-order valence-electron chi connectivity index (χ4n) is 3.01. The van der Waals surface area contributed by atoms with E-state index in [0.717, 1.165) is 25.9 Å². The van der Waals surface area contributed by atoms with Crippen LogP contribution in [0.5, 0.6) is 5.75 Å². The van der Waals surface area contributed by atoms with Crippen molar-refractivity contribution >= 4 is 23.4 Å². The molecule has 9 nitrogen and oxygen atoms in total. The van der Waals surface area contributed by atoms with Crippen molar-refractivity contribution < 1.29 is 19.4 Å². The Bertz CT molecular complexity index is 943. The van der Waals surface area contributed by atoms with E-state index in [2.05, 4.69) is 9.72 Å². The lowest BCUT2D eigenvalue weighted by Gasteiger charge is -2.13. The summed E-state index contributed by atoms with van der Waals surface area (Å²) in [5.41, 5.74) is 6.94. The number of benzene rings is 1. The first-order valence-electron chi connectivity index (χ1n) is 10.4. The van der Waals surface area contributed by atoms with Crippen LogP contribution in [-0.2, 0) is 18.2 Å². The quantitative estimate of drug-likeness (QED) is 0.710. The monoisotopic (exact) mass is 468 g/mol. The van der Waals surface area contributed by atoms with E-state index in [1.807, 2.05) is 6.92 Å². The van der Waals surface area contributed by atoms with E-state index in [0.29, 0.717) is 34.3 Å². The zero-order valence-electron chi connectivity index (χ0n) is 19.4. The number of aromatic nitrogens is 2. The molecule has 2 aromatic rings. The van der Waals surface area contributed by atoms with Gasteiger partial charge in [-0.15, -0.1) is 0 Å². The summed E-state index contributed by atoms with van der Waals surface area (Å²) in [4.78, 5) is 29.0. The van der Waals surface area contributed by atoms with E-state index in [9.17, 15) is 9.59 Å². The van der Waals surface area contributed by atoms with Gasteiger partial charge in [0.15, 0.2) is 0 Å². The minimum absolute atomic E-state index is 0.184. The van der Waals surface area contributed by atoms with Crippen LogP contribution in [0.15, 0.2) is 23.0 Å². The van der Waals surface area contributed by atoms with Gasteiger partial charge < -0.3 is 25.2 Å². The van der Waals surface area contributed by atoms with E-state index < -0.39 is 0 Å². The Hall–Kier alpha value is -2.78. The van der Waals surface area contributed by atoms with Gasteiger partial charge in [-0.2, -0.15) is 0 Å². The molecule has 0 radical (unpaired) electrons. The first kappa shape index (κ1) is 27.3. The zero-order chi connectivity index (χ0) is 24.3. The molecule has 10 heteroatoms. The molecule has 1 aliphatic rings. The second-order valence-corrected chi connectivity index (χ2v) is 7.25. The summed E-state index contributed by atoms with van der Waals surface area (Å²) in [5, 5.41) is 8.04. The molecule has 0 spiro atoms. The molecular formula is C22H33ClN4O5. The molecule has 0 saturated carbocycles. The Morgan fingerprint density at radius 1 is 1.25 bits per heavy atom. The number of anilines is 1. The number of hydrogen-bond acceptors (Lipinski definition) is 7. The Kier molecular flexibility index (Phi) is 11.6. The third kappa shape index (κ3) is 7.13. The molecule has 1 aromatic carbocycles. The van der Waals surface area contributed by atoms with Crippen LogP contribution in [0, 0.1) is 0 Å². The number of rotatable bonds is 3. The van der Waals surface area contributed by atoms with Crippen LogP contribution in [-0.4, -0.2) is 59.6 Å². The van der Waals surface area contributed by atoms with Crippen LogP contribution >= 0.6 is 11.6 Å². The molecule has 3 N–H and O–H groups in total. The van der Waals surface area contributed by atoms with E-state index in [4.69, 9.17) is 27.2 Å². The van der Waals surface area contributed by atoms with Crippen molar-refractivity contribution in [3.63, 3.8) is 0 Å². The molecule has 1 aliphatic heterocycles. The third-order valence-electron chi connectivity index (χ3n) is 4.70. The maximum Gasteiger partial charge on any atom is 0.409 e. The summed E-state index contributed by atoms with van der Waals surface area (Å²) in [6, 6.07) is 5.24. The normalized spacial score (nSPS) is 12.3. The summed E-state index contributed by atoms with van der Waals surface area (Å²) in [5.74, 6) is 1.14. The Balaban J connectivity index is 0.000000354. The average Bonchev–Trinajstić information content (AvgIpc) is 3.33. The van der Waals surface area contributed by atoms with Gasteiger partial charge in [0, 0.05) is 32.3 Å². The van der Waals surface area contributed by atoms with Crippen LogP contribution in [0.2, 0.25) is 5.02 Å². The van der Waals surface area contributed by atoms with Crippen LogP contribution in [0.1, 0.15) is 32.4 Å². The van der Waals surface area contributed by atoms with Gasteiger partial charge in [0.25, 0.3) is 5.56 Å². The number of ether oxygens (including phenoxy) is 2. The summed E-state index contributed by atoms with van der Waals surface area (Å²) >= 11 is 6.24. The fourth-order valence-corrected chi connectivity index (χ4v) is 3.26. The number of hydrogen-bond donors (Lipinski definition) is 2. The van der Waals surface area contributed by atoms with E-state index >= 15 is 0 Å². The number of aliphatic hydroxyl groups is 1. The van der Waals surface area contributed by atoms with Gasteiger partial charge >= 0.3 is 6.09 Å². The fraction of sp³-hybridized carbons (Fsp3) is 0.500. The molecule has 3 rings (SSSR count). The number of methoxy groups -OCH3 is 2. The zero-order valence-corrected chi connectivity index (χ0v) is 20.1. The second-order valence-electron chi connectivity index (χ2n) is 6.84. The predicted octanol–water partition coefficient (Wildman–Crippen LogP) is 3.10. The van der Waals surface area contributed by atoms with E-state index in [1.54, 1.807) is 44.2 Å². The molecule has 1 fully saturated rings. The predicted molar refractivity (Wildman–Crippen MR) is 126 cm³/mol. The Morgan fingerprint density at radius 3 is 2.31 bits per heavy atom. The van der Waals surface area contributed by atoms with Crippen LogP contribution in [0.4, 0.5) is 10.5 Å². The number of amides is 1. The van der Waals surface area contributed by atoms with Crippen molar-refractivity contribution in [3.8, 4) is 17.1 Å². The van der Waals surface area contributed by atoms with Crippen molar-refractivity contribution in [2.24, 2.45) is 7.05 Å². The number of likely N-dealkylation sites (tertiary alicyclic amines) is 1. The molecule has 178 valence electrons. The third-order valence-corrected chi connectivity index (χ3v) is 5.01. The standard InChI is InChI=1S/C14H16ClN3O2.C6H11NO2.C2H6O/c1-4-11-12(16)14(19)18(2)13(17-11)9-6-5-8(20-3)7-10(9)15;1-9-6(8)7-4-2-3-5-7;1-2-3/h5-7H,4,16H2,1-3H3;2-5H2,1H3;3H,2H2,1H3. The largest absolute Gasteiger partial charge is 0.497 e. The number of nitrogens with two attached hydrogens (primary N) is 1. The van der Waals surface area contributed by atoms with Gasteiger partial charge in [-0.1, -0.05) is 18.5 Å². The summed E-state index contributed by atoms with van der Waals surface area (Å²) in [6.45, 7) is 5.57. The lowest BCUT2D eigenvalue weighted by atomic mass is 10.1. The number of halogens is 1. The summed E-state index contributed by atoms with van der Waals surface area (Å²) in [6.07, 6.45) is 2.64. The highest BCUT2D eigenvalue weighted by molar-refractivity contribution is 6.33. The number of carbonyl (C=O) groups is 1. The highest BCUT2D eigenvalue weighted by atomic mass is 35.5. The molecule has 1 saturated heterocycles. The van der Waals surface area contributed by atoms with Gasteiger partial charge in [0.05, 0.1) is 24.9 Å². The number of aliphatic hydroxyl groups excluding tert-OH is 1. The first-order valence-corrected chi connectivity index (χ1v) is 10.8. The lowest BCUT2D eigenvalue weighted by molar-refractivity contribution is 0.133. The minimum Gasteiger partial charge on any atom is -0.497 e. The number of nitrogen functional groups attached to an aromatic ring is 1. The van der Waals surface area contributed by atoms with E-state index in [-0.39, 0.29) is 23.9 Å². The molecular weight excluding hydrogens is 436 g/mol. The average molecular weight is 469 g/mol. The topological polar surface area (TPSA) is 120 Å². The minimum atomic E-state index is -0.265. The van der Waals surface area contributed by atoms with E-state index in [1.165, 1.54) is 11.7 Å². The molecule has 1 aromatic heterocycles. The summed E-state index contributed by atoms with van der Waals surface area (Å²) < 4.78 is 11.0. The number of nitrogens with zero attached hydrogens (tertiary/aromatic N) is 3. The van der Waals surface area contributed by atoms with Crippen molar-refractivity contribution in [1.29, 1.82) is 0 Å². The summed E-state index contributed by atoms with van der Waals surface area (Å²) in [7, 11) is 4.61. The van der Waals surface area contributed by atoms with Gasteiger partial charge in [0.1, 0.15) is 17.3 Å². The van der Waals surface area contributed by atoms with Crippen LogP contribution in [0.25, 0.3) is 11.4 Å². The van der Waals surface area contributed by atoms with Crippen LogP contribution in [0.3, 0.4) is 0 Å². The Morgan fingerprint density at radius 2 is 1.84 bits per heavy atom. The number of aryl methyl sites for hydroxylation is 1. The van der Waals surface area contributed by atoms with Gasteiger partial charge in [-0.05, 0) is 44.4 Å². The van der Waals surface area contributed by atoms with Crippen molar-refractivity contribution in [2.45, 2.75) is 33.1 Å². The smallest absolute Gasteiger partial charge is 0.409 e. The molecule has 2 heterocycles. The molecule has 1 amide bonds.